The predicted octanol–water partition coefficient (Wildman–Crippen LogP) is 6.37. The van der Waals surface area contributed by atoms with Gasteiger partial charge in [0.2, 0.25) is 0 Å². The molecule has 1 aliphatic carbocycles. The standard InChI is InChI=1S/C23H22F2/c1-2-3-17-4-6-18(7-5-17)8-9-19-10-12-20(13-11-19)21-14-15-22(24)23(25)16-21/h2-3,10-18H,4-7H2,1H3. The van der Waals surface area contributed by atoms with Gasteiger partial charge in [-0.15, -0.1) is 0 Å². The van der Waals surface area contributed by atoms with Crippen molar-refractivity contribution < 1.29 is 8.78 Å². The summed E-state index contributed by atoms with van der Waals surface area (Å²) < 4.78 is 26.4. The van der Waals surface area contributed by atoms with E-state index in [1.807, 2.05) is 24.3 Å². The molecule has 0 radical (unpaired) electrons. The molecule has 0 nitrogen and oxygen atoms in total. The summed E-state index contributed by atoms with van der Waals surface area (Å²) in [5.41, 5.74) is 2.49. The molecule has 2 heteroatoms. The topological polar surface area (TPSA) is 0 Å². The lowest BCUT2D eigenvalue weighted by atomic mass is 9.82. The first-order valence-electron chi connectivity index (χ1n) is 8.85. The van der Waals surface area contributed by atoms with Gasteiger partial charge in [0.1, 0.15) is 0 Å². The molecule has 0 saturated heterocycles. The highest BCUT2D eigenvalue weighted by molar-refractivity contribution is 5.64. The summed E-state index contributed by atoms with van der Waals surface area (Å²) in [5.74, 6) is 6.20. The Morgan fingerprint density at radius 2 is 1.56 bits per heavy atom. The summed E-state index contributed by atoms with van der Waals surface area (Å²) in [6, 6.07) is 11.6. The van der Waals surface area contributed by atoms with Crippen molar-refractivity contribution in [3.63, 3.8) is 0 Å². The van der Waals surface area contributed by atoms with Crippen LogP contribution in [0.5, 0.6) is 0 Å². The number of rotatable bonds is 2. The van der Waals surface area contributed by atoms with Gasteiger partial charge in [0.15, 0.2) is 11.6 Å². The maximum atomic E-state index is 13.3. The second-order valence-electron chi connectivity index (χ2n) is 6.61. The first-order chi connectivity index (χ1) is 12.2. The zero-order chi connectivity index (χ0) is 17.6. The Labute approximate surface area is 148 Å². The molecule has 25 heavy (non-hydrogen) atoms. The van der Waals surface area contributed by atoms with Crippen molar-refractivity contribution >= 4 is 0 Å². The predicted molar refractivity (Wildman–Crippen MR) is 98.9 cm³/mol. The molecule has 2 aromatic carbocycles. The van der Waals surface area contributed by atoms with Crippen LogP contribution in [0.1, 0.15) is 38.2 Å². The summed E-state index contributed by atoms with van der Waals surface area (Å²) in [7, 11) is 0. The fraction of sp³-hybridized carbons (Fsp3) is 0.304. The summed E-state index contributed by atoms with van der Waals surface area (Å²) in [6.45, 7) is 2.08. The van der Waals surface area contributed by atoms with Crippen molar-refractivity contribution in [3.8, 4) is 23.0 Å². The van der Waals surface area contributed by atoms with Crippen molar-refractivity contribution in [3.05, 3.63) is 71.8 Å². The summed E-state index contributed by atoms with van der Waals surface area (Å²) in [4.78, 5) is 0. The van der Waals surface area contributed by atoms with E-state index in [2.05, 4.69) is 30.9 Å². The Hall–Kier alpha value is -2.40. The van der Waals surface area contributed by atoms with Crippen molar-refractivity contribution in [1.82, 2.24) is 0 Å². The van der Waals surface area contributed by atoms with Gasteiger partial charge in [0, 0.05) is 11.5 Å². The molecule has 0 heterocycles. The second kappa shape index (κ2) is 8.12. The van der Waals surface area contributed by atoms with Crippen LogP contribution in [0.2, 0.25) is 0 Å². The Morgan fingerprint density at radius 3 is 2.20 bits per heavy atom. The average Bonchev–Trinajstić information content (AvgIpc) is 2.64. The van der Waals surface area contributed by atoms with Gasteiger partial charge in [-0.05, 0) is 73.9 Å². The summed E-state index contributed by atoms with van der Waals surface area (Å²) in [6.07, 6.45) is 9.22. The monoisotopic (exact) mass is 336 g/mol. The highest BCUT2D eigenvalue weighted by Gasteiger charge is 2.17. The number of benzene rings is 2. The van der Waals surface area contributed by atoms with Crippen LogP contribution in [0.4, 0.5) is 8.78 Å². The third-order valence-corrected chi connectivity index (χ3v) is 4.79. The molecule has 1 fully saturated rings. The summed E-state index contributed by atoms with van der Waals surface area (Å²) in [5, 5.41) is 0. The van der Waals surface area contributed by atoms with Crippen LogP contribution in [0.3, 0.4) is 0 Å². The largest absolute Gasteiger partial charge is 0.204 e. The van der Waals surface area contributed by atoms with Crippen LogP contribution in [-0.2, 0) is 0 Å². The number of hydrogen-bond acceptors (Lipinski definition) is 0. The van der Waals surface area contributed by atoms with Crippen molar-refractivity contribution in [2.75, 3.05) is 0 Å². The average molecular weight is 336 g/mol. The molecular weight excluding hydrogens is 314 g/mol. The zero-order valence-corrected chi connectivity index (χ0v) is 14.4. The van der Waals surface area contributed by atoms with Crippen LogP contribution in [-0.4, -0.2) is 0 Å². The van der Waals surface area contributed by atoms with Crippen LogP contribution in [0.15, 0.2) is 54.6 Å². The second-order valence-corrected chi connectivity index (χ2v) is 6.61. The molecule has 0 atom stereocenters. The SMILES string of the molecule is CC=CC1CCC(C#Cc2ccc(-c3ccc(F)c(F)c3)cc2)CC1. The van der Waals surface area contributed by atoms with Crippen LogP contribution < -0.4 is 0 Å². The summed E-state index contributed by atoms with van der Waals surface area (Å²) >= 11 is 0. The Bertz CT molecular complexity index is 798. The lowest BCUT2D eigenvalue weighted by molar-refractivity contribution is 0.364. The Morgan fingerprint density at radius 1 is 0.880 bits per heavy atom. The highest BCUT2D eigenvalue weighted by atomic mass is 19.2. The van der Waals surface area contributed by atoms with Gasteiger partial charge in [0.25, 0.3) is 0 Å². The maximum Gasteiger partial charge on any atom is 0.159 e. The fourth-order valence-corrected chi connectivity index (χ4v) is 3.34. The van der Waals surface area contributed by atoms with Gasteiger partial charge in [-0.3, -0.25) is 0 Å². The van der Waals surface area contributed by atoms with E-state index in [9.17, 15) is 8.78 Å². The molecule has 0 unspecified atom stereocenters. The number of hydrogen-bond donors (Lipinski definition) is 0. The minimum absolute atomic E-state index is 0.479. The molecule has 0 bridgehead atoms. The van der Waals surface area contributed by atoms with E-state index in [4.69, 9.17) is 0 Å². The van der Waals surface area contributed by atoms with Crippen LogP contribution in [0, 0.1) is 35.3 Å². The number of allylic oxidation sites excluding steroid dienone is 2. The highest BCUT2D eigenvalue weighted by Crippen LogP contribution is 2.29. The van der Waals surface area contributed by atoms with E-state index in [0.717, 1.165) is 36.0 Å². The van der Waals surface area contributed by atoms with E-state index in [0.29, 0.717) is 11.5 Å². The van der Waals surface area contributed by atoms with E-state index < -0.39 is 11.6 Å². The van der Waals surface area contributed by atoms with E-state index >= 15 is 0 Å². The van der Waals surface area contributed by atoms with Crippen molar-refractivity contribution in [1.29, 1.82) is 0 Å². The van der Waals surface area contributed by atoms with Gasteiger partial charge >= 0.3 is 0 Å². The normalized spacial score (nSPS) is 20.3. The first kappa shape index (κ1) is 17.4. The minimum atomic E-state index is -0.824. The maximum absolute atomic E-state index is 13.3. The third-order valence-electron chi connectivity index (χ3n) is 4.79. The third kappa shape index (κ3) is 4.57. The smallest absolute Gasteiger partial charge is 0.159 e. The Balaban J connectivity index is 1.65. The molecule has 0 spiro atoms. The molecule has 0 aromatic heterocycles. The first-order valence-corrected chi connectivity index (χ1v) is 8.85. The van der Waals surface area contributed by atoms with E-state index in [1.165, 1.54) is 18.9 Å². The molecule has 0 aliphatic heterocycles. The van der Waals surface area contributed by atoms with Gasteiger partial charge in [-0.25, -0.2) is 8.78 Å². The molecule has 2 aromatic rings. The van der Waals surface area contributed by atoms with Crippen molar-refractivity contribution in [2.45, 2.75) is 32.6 Å². The molecule has 0 N–H and O–H groups in total. The van der Waals surface area contributed by atoms with E-state index in [1.54, 1.807) is 6.07 Å². The van der Waals surface area contributed by atoms with Crippen molar-refractivity contribution in [2.24, 2.45) is 11.8 Å². The van der Waals surface area contributed by atoms with Crippen LogP contribution in [0.25, 0.3) is 11.1 Å². The molecule has 0 amide bonds. The molecule has 128 valence electrons. The molecule has 1 saturated carbocycles. The van der Waals surface area contributed by atoms with Crippen LogP contribution >= 0.6 is 0 Å². The number of halogens is 2. The van der Waals surface area contributed by atoms with Gasteiger partial charge < -0.3 is 0 Å². The molecule has 1 aliphatic rings. The van der Waals surface area contributed by atoms with E-state index in [-0.39, 0.29) is 0 Å². The minimum Gasteiger partial charge on any atom is -0.204 e. The van der Waals surface area contributed by atoms with Gasteiger partial charge in [-0.2, -0.15) is 0 Å². The fourth-order valence-electron chi connectivity index (χ4n) is 3.34. The zero-order valence-electron chi connectivity index (χ0n) is 14.4. The lowest BCUT2D eigenvalue weighted by Crippen LogP contribution is -2.11. The molecule has 3 rings (SSSR count). The van der Waals surface area contributed by atoms with Gasteiger partial charge in [0.05, 0.1) is 0 Å². The molecular formula is C23H22F2. The quantitative estimate of drug-likeness (QED) is 0.442. The lowest BCUT2D eigenvalue weighted by Gasteiger charge is -2.22. The van der Waals surface area contributed by atoms with Gasteiger partial charge in [-0.1, -0.05) is 42.2 Å². The Kier molecular flexibility index (Phi) is 5.66.